The summed E-state index contributed by atoms with van der Waals surface area (Å²) in [5.41, 5.74) is 11.3. The van der Waals surface area contributed by atoms with Gasteiger partial charge in [0.05, 0.1) is 0 Å². The molecule has 8 aromatic rings. The topological polar surface area (TPSA) is 74.6 Å². The minimum absolute atomic E-state index is 0.468. The molecule has 0 aliphatic rings. The molecule has 0 saturated carbocycles. The summed E-state index contributed by atoms with van der Waals surface area (Å²) in [6.07, 6.45) is 47.0. The van der Waals surface area contributed by atoms with Crippen molar-refractivity contribution in [2.75, 3.05) is 0 Å². The summed E-state index contributed by atoms with van der Waals surface area (Å²) in [5.74, 6) is -1.62. The smallest absolute Gasteiger partial charge is 0.345 e. The molecule has 0 saturated heterocycles. The Kier molecular flexibility index (Phi) is 33.4. The van der Waals surface area contributed by atoms with Gasteiger partial charge in [0.25, 0.3) is 0 Å². The molecule has 8 aromatic heterocycles. The van der Waals surface area contributed by atoms with Crippen LogP contribution in [-0.4, -0.2) is 22.2 Å². The third kappa shape index (κ3) is 21.8. The lowest BCUT2D eigenvalue weighted by Crippen LogP contribution is -1.91. The number of aromatic carboxylic acids is 2. The summed E-state index contributed by atoms with van der Waals surface area (Å²) in [7, 11) is 0. The average molecular weight is 1420 g/mol. The number of rotatable bonds is 49. The van der Waals surface area contributed by atoms with E-state index < -0.39 is 11.9 Å². The zero-order valence-corrected chi connectivity index (χ0v) is 65.4. The van der Waals surface area contributed by atoms with Gasteiger partial charge in [-0.15, -0.1) is 90.7 Å². The quantitative estimate of drug-likeness (QED) is 0.0373. The van der Waals surface area contributed by atoms with E-state index in [4.69, 9.17) is 0 Å². The van der Waals surface area contributed by atoms with E-state index in [-0.39, 0.29) is 0 Å². The van der Waals surface area contributed by atoms with Gasteiger partial charge in [-0.3, -0.25) is 0 Å². The van der Waals surface area contributed by atoms with Crippen molar-refractivity contribution in [3.63, 3.8) is 0 Å². The number of aryl methyl sites for hydroxylation is 8. The fraction of sp³-hybridized carbons (Fsp3) is 0.585. The minimum atomic E-state index is -0.809. The Balaban J connectivity index is 1.25. The first-order chi connectivity index (χ1) is 46.0. The molecule has 8 heterocycles. The molecule has 2 N–H and O–H groups in total. The van der Waals surface area contributed by atoms with E-state index in [9.17, 15) is 19.8 Å². The van der Waals surface area contributed by atoms with Crippen LogP contribution in [0, 0.1) is 0 Å². The van der Waals surface area contributed by atoms with Crippen LogP contribution in [-0.2, 0) is 51.4 Å². The first kappa shape index (κ1) is 76.3. The molecule has 94 heavy (non-hydrogen) atoms. The zero-order valence-electron chi connectivity index (χ0n) is 58.9. The fourth-order valence-electron chi connectivity index (χ4n) is 13.3. The van der Waals surface area contributed by atoms with Gasteiger partial charge in [0.15, 0.2) is 0 Å². The standard InChI is InChI=1S/C82H114O4S8/c1-9-17-25-33-41-57-49-65(87-73(57)75-59(43-35-27-19-11-3)51-67(89-75)69-53-61(45-37-29-21-13-5)77(91-69)79-63(47-39-31-23-15-7)55-71(93-79)81(83)84)66-50-58(42-34-26-18-10-2)74(88-66)76-60(44-36-28-20-12-4)52-68(90-76)70-54-62(46-38-30-22-14-6)78(92-70)80-64(48-40-32-24-16-8)56-72(94-80)82(85)86/h49-56H,9-48H2,1-8H3,(H,83,84)(H,85,86). The first-order valence-electron chi connectivity index (χ1n) is 37.5. The van der Waals surface area contributed by atoms with E-state index in [0.29, 0.717) is 9.75 Å². The molecule has 0 radical (unpaired) electrons. The monoisotopic (exact) mass is 1420 g/mol. The van der Waals surface area contributed by atoms with Crippen molar-refractivity contribution in [1.82, 2.24) is 0 Å². The molecule has 0 bridgehead atoms. The summed E-state index contributed by atoms with van der Waals surface area (Å²) >= 11 is 15.1. The Bertz CT molecular complexity index is 3290. The second kappa shape index (κ2) is 41.2. The van der Waals surface area contributed by atoms with Gasteiger partial charge in [-0.25, -0.2) is 9.59 Å². The summed E-state index contributed by atoms with van der Waals surface area (Å²) in [6, 6.07) is 19.5. The summed E-state index contributed by atoms with van der Waals surface area (Å²) in [5, 5.41) is 20.8. The largest absolute Gasteiger partial charge is 0.477 e. The maximum absolute atomic E-state index is 12.7. The third-order valence-corrected chi connectivity index (χ3v) is 29.5. The summed E-state index contributed by atoms with van der Waals surface area (Å²) < 4.78 is 0. The average Bonchev–Trinajstić information content (AvgIpc) is 1.63. The van der Waals surface area contributed by atoms with Gasteiger partial charge in [0, 0.05) is 68.3 Å². The normalized spacial score (nSPS) is 11.8. The lowest BCUT2D eigenvalue weighted by molar-refractivity contribution is 0.0691. The second-order valence-corrected chi connectivity index (χ2v) is 35.2. The summed E-state index contributed by atoms with van der Waals surface area (Å²) in [4.78, 5) is 45.5. The van der Waals surface area contributed by atoms with Crippen LogP contribution < -0.4 is 0 Å². The Morgan fingerprint density at radius 2 is 0.372 bits per heavy atom. The zero-order chi connectivity index (χ0) is 66.6. The van der Waals surface area contributed by atoms with E-state index in [1.165, 1.54) is 315 Å². The fourth-order valence-corrected chi connectivity index (χ4v) is 23.7. The van der Waals surface area contributed by atoms with Crippen molar-refractivity contribution in [1.29, 1.82) is 0 Å². The predicted molar refractivity (Wildman–Crippen MR) is 424 cm³/mol. The molecule has 4 nitrogen and oxygen atoms in total. The van der Waals surface area contributed by atoms with E-state index in [1.807, 2.05) is 57.5 Å². The van der Waals surface area contributed by atoms with Crippen LogP contribution in [0.15, 0.2) is 48.5 Å². The number of carbonyl (C=O) groups is 2. The van der Waals surface area contributed by atoms with Crippen molar-refractivity contribution in [2.24, 2.45) is 0 Å². The van der Waals surface area contributed by atoms with E-state index in [0.717, 1.165) is 77.0 Å². The molecular formula is C82H114O4S8. The van der Waals surface area contributed by atoms with Crippen molar-refractivity contribution in [3.05, 3.63) is 103 Å². The van der Waals surface area contributed by atoms with Crippen molar-refractivity contribution in [3.8, 4) is 68.3 Å². The van der Waals surface area contributed by atoms with Gasteiger partial charge in [0.1, 0.15) is 9.75 Å². The molecule has 0 spiro atoms. The molecule has 0 aromatic carbocycles. The van der Waals surface area contributed by atoms with Gasteiger partial charge in [-0.05, 0) is 196 Å². The van der Waals surface area contributed by atoms with Crippen LogP contribution in [0.3, 0.4) is 0 Å². The van der Waals surface area contributed by atoms with Crippen molar-refractivity contribution in [2.45, 2.75) is 312 Å². The minimum Gasteiger partial charge on any atom is -0.477 e. The molecule has 0 fully saturated rings. The Hall–Kier alpha value is -3.46. The number of hydrogen-bond donors (Lipinski definition) is 2. The van der Waals surface area contributed by atoms with E-state index in [1.54, 1.807) is 0 Å². The highest BCUT2D eigenvalue weighted by molar-refractivity contribution is 7.32. The Morgan fingerprint density at radius 1 is 0.223 bits per heavy atom. The predicted octanol–water partition coefficient (Wildman–Crippen LogP) is 30.2. The maximum Gasteiger partial charge on any atom is 0.345 e. The number of carboxylic acids is 2. The number of hydrogen-bond acceptors (Lipinski definition) is 10. The highest BCUT2D eigenvalue weighted by atomic mass is 32.1. The highest BCUT2D eigenvalue weighted by Gasteiger charge is 2.28. The SMILES string of the molecule is CCCCCCc1cc(C(=O)O)sc1-c1sc(-c2cc(CCCCCC)c(-c3sc(-c4cc(CCCCCC)c(-c5sc(-c6cc(CCCCCC)c(-c7sc(C(=O)O)cc7CCCCCC)s6)cc5CCCCCC)s4)cc3CCCCCC)s2)cc1CCCCCC. The number of thiophene rings is 8. The summed E-state index contributed by atoms with van der Waals surface area (Å²) in [6.45, 7) is 18.4. The lowest BCUT2D eigenvalue weighted by Gasteiger charge is -2.06. The van der Waals surface area contributed by atoms with Crippen LogP contribution in [0.1, 0.15) is 325 Å². The van der Waals surface area contributed by atoms with Gasteiger partial charge in [-0.2, -0.15) is 0 Å². The first-order valence-corrected chi connectivity index (χ1v) is 44.0. The van der Waals surface area contributed by atoms with Crippen LogP contribution in [0.2, 0.25) is 0 Å². The molecular weight excluding hydrogens is 1310 g/mol. The number of carboxylic acid groups (broad SMARTS) is 2. The molecule has 8 rings (SSSR count). The van der Waals surface area contributed by atoms with E-state index >= 15 is 0 Å². The molecule has 514 valence electrons. The Morgan fingerprint density at radius 3 is 0.521 bits per heavy atom. The van der Waals surface area contributed by atoms with Gasteiger partial charge < -0.3 is 10.2 Å². The van der Waals surface area contributed by atoms with Gasteiger partial charge in [-0.1, -0.05) is 209 Å². The van der Waals surface area contributed by atoms with Gasteiger partial charge >= 0.3 is 11.9 Å². The molecule has 12 heteroatoms. The molecule has 0 aliphatic carbocycles. The van der Waals surface area contributed by atoms with Crippen LogP contribution in [0.5, 0.6) is 0 Å². The second-order valence-electron chi connectivity index (χ2n) is 26.8. The van der Waals surface area contributed by atoms with Crippen molar-refractivity contribution < 1.29 is 19.8 Å². The number of unbranched alkanes of at least 4 members (excludes halogenated alkanes) is 24. The van der Waals surface area contributed by atoms with Crippen LogP contribution in [0.4, 0.5) is 0 Å². The molecule has 0 amide bonds. The third-order valence-electron chi connectivity index (χ3n) is 18.8. The molecule has 0 unspecified atom stereocenters. The van der Waals surface area contributed by atoms with Crippen LogP contribution >= 0.6 is 90.7 Å². The Labute approximate surface area is 600 Å². The van der Waals surface area contributed by atoms with Gasteiger partial charge in [0.2, 0.25) is 0 Å². The molecule has 0 atom stereocenters. The highest BCUT2D eigenvalue weighted by Crippen LogP contribution is 2.54. The van der Waals surface area contributed by atoms with Crippen LogP contribution in [0.25, 0.3) is 68.3 Å². The van der Waals surface area contributed by atoms with E-state index in [2.05, 4.69) is 114 Å². The van der Waals surface area contributed by atoms with Crippen molar-refractivity contribution >= 4 is 103 Å². The maximum atomic E-state index is 12.7. The molecule has 0 aliphatic heterocycles. The lowest BCUT2D eigenvalue weighted by atomic mass is 10.0.